The van der Waals surface area contributed by atoms with Crippen molar-refractivity contribution < 1.29 is 19.7 Å². The molecule has 7 nitrogen and oxygen atoms in total. The molecular formula is C18H23ClN2O5. The molecule has 2 aromatic rings. The van der Waals surface area contributed by atoms with E-state index in [4.69, 9.17) is 21.1 Å². The number of nitrogens with one attached hydrogen (secondary N) is 2. The van der Waals surface area contributed by atoms with Crippen LogP contribution in [0.5, 0.6) is 17.2 Å². The van der Waals surface area contributed by atoms with E-state index in [0.717, 1.165) is 0 Å². The molecule has 0 aliphatic heterocycles. The molecule has 142 valence electrons. The predicted octanol–water partition coefficient (Wildman–Crippen LogP) is 1.76. The van der Waals surface area contributed by atoms with Crippen molar-refractivity contribution in [2.75, 3.05) is 26.3 Å². The summed E-state index contributed by atoms with van der Waals surface area (Å²) in [6.07, 6.45) is -0.812. The first-order valence-corrected chi connectivity index (χ1v) is 8.58. The van der Waals surface area contributed by atoms with Gasteiger partial charge in [0, 0.05) is 18.1 Å². The van der Waals surface area contributed by atoms with Gasteiger partial charge in [-0.15, -0.1) is 0 Å². The van der Waals surface area contributed by atoms with E-state index >= 15 is 0 Å². The number of hydrogen-bond acceptors (Lipinski definition) is 6. The van der Waals surface area contributed by atoms with Gasteiger partial charge in [0.05, 0.1) is 11.4 Å². The number of aromatic hydroxyl groups is 1. The highest BCUT2D eigenvalue weighted by Gasteiger charge is 2.14. The highest BCUT2D eigenvalue weighted by atomic mass is 35.5. The first-order chi connectivity index (χ1) is 12.4. The Hall–Kier alpha value is -2.22. The van der Waals surface area contributed by atoms with Crippen LogP contribution in [0.3, 0.4) is 0 Å². The second-order valence-corrected chi connectivity index (χ2v) is 6.29. The zero-order valence-corrected chi connectivity index (χ0v) is 15.5. The van der Waals surface area contributed by atoms with Gasteiger partial charge >= 0.3 is 0 Å². The number of aliphatic hydroxyl groups excluding tert-OH is 1. The van der Waals surface area contributed by atoms with E-state index in [1.54, 1.807) is 38.1 Å². The molecule has 1 aromatic heterocycles. The predicted molar refractivity (Wildman–Crippen MR) is 99.5 cm³/mol. The summed E-state index contributed by atoms with van der Waals surface area (Å²) in [4.78, 5) is 14.8. The highest BCUT2D eigenvalue weighted by Crippen LogP contribution is 2.17. The first-order valence-electron chi connectivity index (χ1n) is 8.21. The smallest absolute Gasteiger partial charge is 0.265 e. The summed E-state index contributed by atoms with van der Waals surface area (Å²) in [5, 5.41) is 23.3. The number of hydrogen-bond donors (Lipinski definition) is 4. The highest BCUT2D eigenvalue weighted by molar-refractivity contribution is 6.30. The lowest BCUT2D eigenvalue weighted by Crippen LogP contribution is -2.34. The summed E-state index contributed by atoms with van der Waals surface area (Å²) in [5.74, 6) is 0.352. The molecule has 26 heavy (non-hydrogen) atoms. The van der Waals surface area contributed by atoms with Crippen LogP contribution in [-0.2, 0) is 0 Å². The standard InChI is InChI=1S/C18H23ClN2O5/c1-11-16(23)17(24)18(12(2)21-11)26-10-14(22)9-20-7-8-25-15-5-3-13(19)4-6-15/h3-6,14,20,22-23H,7-10H2,1-2H3,(H,21,24). The molecule has 0 bridgehead atoms. The van der Waals surface area contributed by atoms with Crippen LogP contribution in [0.15, 0.2) is 29.1 Å². The molecule has 0 amide bonds. The molecule has 1 heterocycles. The maximum absolute atomic E-state index is 12.0. The molecule has 8 heteroatoms. The maximum atomic E-state index is 12.0. The van der Waals surface area contributed by atoms with E-state index in [9.17, 15) is 15.0 Å². The number of aromatic amines is 1. The van der Waals surface area contributed by atoms with Crippen LogP contribution in [0.25, 0.3) is 0 Å². The Morgan fingerprint density at radius 2 is 1.88 bits per heavy atom. The largest absolute Gasteiger partial charge is 0.503 e. The first kappa shape index (κ1) is 20.1. The molecule has 1 unspecified atom stereocenters. The van der Waals surface area contributed by atoms with Crippen LogP contribution in [0.2, 0.25) is 5.02 Å². The molecule has 2 rings (SSSR count). The average Bonchev–Trinajstić information content (AvgIpc) is 2.61. The number of benzene rings is 1. The number of halogens is 1. The SMILES string of the molecule is Cc1[nH]c(C)c(OCC(O)CNCCOc2ccc(Cl)cc2)c(=O)c1O. The van der Waals surface area contributed by atoms with Gasteiger partial charge in [-0.1, -0.05) is 11.6 Å². The Kier molecular flexibility index (Phi) is 7.32. The normalized spacial score (nSPS) is 12.0. The van der Waals surface area contributed by atoms with E-state index in [2.05, 4.69) is 10.3 Å². The van der Waals surface area contributed by atoms with E-state index in [-0.39, 0.29) is 24.7 Å². The molecule has 1 atom stereocenters. The number of H-pyrrole nitrogens is 1. The van der Waals surface area contributed by atoms with Gasteiger partial charge in [-0.3, -0.25) is 4.79 Å². The van der Waals surface area contributed by atoms with Crippen LogP contribution >= 0.6 is 11.6 Å². The quantitative estimate of drug-likeness (QED) is 0.493. The van der Waals surface area contributed by atoms with Crippen molar-refractivity contribution in [1.82, 2.24) is 10.3 Å². The average molecular weight is 383 g/mol. The Labute approximate surface area is 156 Å². The van der Waals surface area contributed by atoms with Crippen molar-refractivity contribution in [2.45, 2.75) is 20.0 Å². The summed E-state index contributed by atoms with van der Waals surface area (Å²) in [6.45, 7) is 4.43. The molecule has 0 aliphatic carbocycles. The van der Waals surface area contributed by atoms with Gasteiger partial charge in [0.25, 0.3) is 5.43 Å². The number of rotatable bonds is 9. The van der Waals surface area contributed by atoms with Crippen LogP contribution in [0, 0.1) is 13.8 Å². The fraction of sp³-hybridized carbons (Fsp3) is 0.389. The Morgan fingerprint density at radius 3 is 2.58 bits per heavy atom. The van der Waals surface area contributed by atoms with E-state index < -0.39 is 11.5 Å². The third kappa shape index (κ3) is 5.66. The Balaban J connectivity index is 1.69. The second-order valence-electron chi connectivity index (χ2n) is 5.85. The van der Waals surface area contributed by atoms with Gasteiger partial charge in [-0.25, -0.2) is 0 Å². The van der Waals surface area contributed by atoms with E-state index in [1.165, 1.54) is 0 Å². The van der Waals surface area contributed by atoms with Crippen molar-refractivity contribution in [3.8, 4) is 17.2 Å². The number of ether oxygens (including phenoxy) is 2. The van der Waals surface area contributed by atoms with Crippen LogP contribution < -0.4 is 20.2 Å². The van der Waals surface area contributed by atoms with Crippen molar-refractivity contribution in [3.05, 3.63) is 50.9 Å². The molecule has 0 spiro atoms. The summed E-state index contributed by atoms with van der Waals surface area (Å²) < 4.78 is 10.9. The van der Waals surface area contributed by atoms with Crippen molar-refractivity contribution >= 4 is 11.6 Å². The molecule has 0 aliphatic rings. The fourth-order valence-corrected chi connectivity index (χ4v) is 2.42. The minimum Gasteiger partial charge on any atom is -0.503 e. The summed E-state index contributed by atoms with van der Waals surface area (Å²) in [5.41, 5.74) is 0.292. The number of aromatic nitrogens is 1. The van der Waals surface area contributed by atoms with Crippen molar-refractivity contribution in [2.24, 2.45) is 0 Å². The van der Waals surface area contributed by atoms with Gasteiger partial charge in [0.2, 0.25) is 0 Å². The van der Waals surface area contributed by atoms with Crippen LogP contribution in [-0.4, -0.2) is 47.6 Å². The van der Waals surface area contributed by atoms with Gasteiger partial charge < -0.3 is 30.0 Å². The molecule has 0 fully saturated rings. The number of aryl methyl sites for hydroxylation is 2. The van der Waals surface area contributed by atoms with Crippen LogP contribution in [0.4, 0.5) is 0 Å². The lowest BCUT2D eigenvalue weighted by Gasteiger charge is -2.15. The minimum atomic E-state index is -0.812. The summed E-state index contributed by atoms with van der Waals surface area (Å²) in [6, 6.07) is 7.06. The molecule has 0 saturated carbocycles. The summed E-state index contributed by atoms with van der Waals surface area (Å²) in [7, 11) is 0. The number of pyridine rings is 1. The zero-order chi connectivity index (χ0) is 19.1. The van der Waals surface area contributed by atoms with Gasteiger partial charge in [0.15, 0.2) is 11.5 Å². The monoisotopic (exact) mass is 382 g/mol. The second kappa shape index (κ2) is 9.47. The zero-order valence-electron chi connectivity index (χ0n) is 14.7. The van der Waals surface area contributed by atoms with Crippen molar-refractivity contribution in [1.29, 1.82) is 0 Å². The lowest BCUT2D eigenvalue weighted by molar-refractivity contribution is 0.104. The van der Waals surface area contributed by atoms with Gasteiger partial charge in [-0.2, -0.15) is 0 Å². The molecule has 4 N–H and O–H groups in total. The molecule has 1 aromatic carbocycles. The third-order valence-electron chi connectivity index (χ3n) is 3.65. The van der Waals surface area contributed by atoms with Gasteiger partial charge in [-0.05, 0) is 38.1 Å². The van der Waals surface area contributed by atoms with E-state index in [0.29, 0.717) is 35.3 Å². The summed E-state index contributed by atoms with van der Waals surface area (Å²) >= 11 is 5.80. The third-order valence-corrected chi connectivity index (χ3v) is 3.91. The molecule has 0 saturated heterocycles. The number of aliphatic hydroxyl groups is 1. The fourth-order valence-electron chi connectivity index (χ4n) is 2.30. The molecule has 0 radical (unpaired) electrons. The molecular weight excluding hydrogens is 360 g/mol. The topological polar surface area (TPSA) is 104 Å². The van der Waals surface area contributed by atoms with Gasteiger partial charge in [0.1, 0.15) is 25.1 Å². The minimum absolute atomic E-state index is 0.0122. The Morgan fingerprint density at radius 1 is 1.19 bits per heavy atom. The maximum Gasteiger partial charge on any atom is 0.265 e. The van der Waals surface area contributed by atoms with E-state index in [1.807, 2.05) is 0 Å². The Bertz CT molecular complexity index is 776. The van der Waals surface area contributed by atoms with Crippen molar-refractivity contribution in [3.63, 3.8) is 0 Å². The van der Waals surface area contributed by atoms with Crippen LogP contribution in [0.1, 0.15) is 11.4 Å². The lowest BCUT2D eigenvalue weighted by atomic mass is 10.2.